The maximum absolute atomic E-state index is 5.62. The summed E-state index contributed by atoms with van der Waals surface area (Å²) in [5.41, 5.74) is 8.46. The van der Waals surface area contributed by atoms with Crippen molar-refractivity contribution in [2.75, 3.05) is 21.3 Å². The lowest BCUT2D eigenvalue weighted by molar-refractivity contribution is 0.323. The van der Waals surface area contributed by atoms with Gasteiger partial charge in [-0.25, -0.2) is 0 Å². The highest BCUT2D eigenvalue weighted by Crippen LogP contribution is 2.38. The molecule has 0 saturated heterocycles. The van der Waals surface area contributed by atoms with E-state index in [-0.39, 0.29) is 12.4 Å². The monoisotopic (exact) mass is 391 g/mol. The van der Waals surface area contributed by atoms with Gasteiger partial charge in [0, 0.05) is 12.1 Å². The second kappa shape index (κ2) is 9.25. The highest BCUT2D eigenvalue weighted by Gasteiger charge is 2.15. The van der Waals surface area contributed by atoms with Gasteiger partial charge in [-0.3, -0.25) is 0 Å². The molecule has 0 radical (unpaired) electrons. The molecule has 3 aromatic rings. The van der Waals surface area contributed by atoms with Gasteiger partial charge in [-0.2, -0.15) is 4.98 Å². The zero-order chi connectivity index (χ0) is 18.5. The molecule has 0 spiro atoms. The number of benzene rings is 2. The lowest BCUT2D eigenvalue weighted by Gasteiger charge is -2.13. The quantitative estimate of drug-likeness (QED) is 0.660. The zero-order valence-corrected chi connectivity index (χ0v) is 16.2. The lowest BCUT2D eigenvalue weighted by atomic mass is 10.1. The third kappa shape index (κ3) is 4.50. The van der Waals surface area contributed by atoms with Crippen LogP contribution >= 0.6 is 12.4 Å². The fourth-order valence-electron chi connectivity index (χ4n) is 2.65. The van der Waals surface area contributed by atoms with Gasteiger partial charge in [-0.05, 0) is 23.3 Å². The molecule has 0 aliphatic heterocycles. The number of halogens is 1. The SMILES string of the molecule is COc1cc(Cc2nc(-c3ccc(CN)cc3)no2)cc(OC)c1OC.Cl. The average molecular weight is 392 g/mol. The van der Waals surface area contributed by atoms with Crippen LogP contribution in [0.25, 0.3) is 11.4 Å². The molecule has 27 heavy (non-hydrogen) atoms. The van der Waals surface area contributed by atoms with Gasteiger partial charge in [0.25, 0.3) is 0 Å². The van der Waals surface area contributed by atoms with Crippen LogP contribution < -0.4 is 19.9 Å². The molecule has 8 heteroatoms. The summed E-state index contributed by atoms with van der Waals surface area (Å²) in [6, 6.07) is 11.5. The van der Waals surface area contributed by atoms with E-state index in [1.165, 1.54) is 0 Å². The summed E-state index contributed by atoms with van der Waals surface area (Å²) >= 11 is 0. The molecule has 1 aromatic heterocycles. The first kappa shape index (κ1) is 20.5. The summed E-state index contributed by atoms with van der Waals surface area (Å²) in [5.74, 6) is 2.75. The van der Waals surface area contributed by atoms with Gasteiger partial charge in [0.2, 0.25) is 17.5 Å². The topological polar surface area (TPSA) is 92.6 Å². The summed E-state index contributed by atoms with van der Waals surface area (Å²) in [6.07, 6.45) is 0.449. The van der Waals surface area contributed by atoms with Gasteiger partial charge in [-0.15, -0.1) is 12.4 Å². The third-order valence-electron chi connectivity index (χ3n) is 4.00. The highest BCUT2D eigenvalue weighted by molar-refractivity contribution is 5.85. The summed E-state index contributed by atoms with van der Waals surface area (Å²) in [4.78, 5) is 4.46. The van der Waals surface area contributed by atoms with E-state index in [9.17, 15) is 0 Å². The molecule has 0 amide bonds. The predicted molar refractivity (Wildman–Crippen MR) is 104 cm³/mol. The van der Waals surface area contributed by atoms with Gasteiger partial charge < -0.3 is 24.5 Å². The van der Waals surface area contributed by atoms with E-state index in [0.717, 1.165) is 16.7 Å². The van der Waals surface area contributed by atoms with Crippen molar-refractivity contribution >= 4 is 12.4 Å². The van der Waals surface area contributed by atoms with Gasteiger partial charge in [0.05, 0.1) is 27.8 Å². The first-order valence-corrected chi connectivity index (χ1v) is 8.09. The van der Waals surface area contributed by atoms with Crippen molar-refractivity contribution in [1.82, 2.24) is 10.1 Å². The van der Waals surface area contributed by atoms with E-state index in [4.69, 9.17) is 24.5 Å². The van der Waals surface area contributed by atoms with Gasteiger partial charge in [0.15, 0.2) is 11.5 Å². The normalized spacial score (nSPS) is 10.2. The Morgan fingerprint density at radius 3 is 2.07 bits per heavy atom. The molecule has 144 valence electrons. The third-order valence-corrected chi connectivity index (χ3v) is 4.00. The minimum absolute atomic E-state index is 0. The minimum atomic E-state index is 0. The molecule has 0 aliphatic rings. The molecular weight excluding hydrogens is 370 g/mol. The van der Waals surface area contributed by atoms with Crippen LogP contribution in [-0.2, 0) is 13.0 Å². The van der Waals surface area contributed by atoms with E-state index in [1.54, 1.807) is 21.3 Å². The minimum Gasteiger partial charge on any atom is -0.493 e. The van der Waals surface area contributed by atoms with Crippen molar-refractivity contribution in [2.45, 2.75) is 13.0 Å². The Balaban J connectivity index is 0.00000261. The van der Waals surface area contributed by atoms with E-state index in [1.807, 2.05) is 36.4 Å². The fraction of sp³-hybridized carbons (Fsp3) is 0.263. The highest BCUT2D eigenvalue weighted by atomic mass is 35.5. The Bertz CT molecular complexity index is 856. The van der Waals surface area contributed by atoms with Crippen molar-refractivity contribution < 1.29 is 18.7 Å². The molecule has 1 heterocycles. The molecule has 0 bridgehead atoms. The van der Waals surface area contributed by atoms with Crippen molar-refractivity contribution in [3.8, 4) is 28.6 Å². The molecule has 2 aromatic carbocycles. The average Bonchev–Trinajstić information content (AvgIpc) is 3.15. The first-order chi connectivity index (χ1) is 12.7. The molecule has 0 fully saturated rings. The van der Waals surface area contributed by atoms with Crippen LogP contribution in [0.5, 0.6) is 17.2 Å². The first-order valence-electron chi connectivity index (χ1n) is 8.09. The summed E-state index contributed by atoms with van der Waals surface area (Å²) in [5, 5.41) is 4.05. The van der Waals surface area contributed by atoms with Crippen LogP contribution in [-0.4, -0.2) is 31.5 Å². The van der Waals surface area contributed by atoms with Crippen LogP contribution in [0.2, 0.25) is 0 Å². The van der Waals surface area contributed by atoms with Crippen molar-refractivity contribution in [1.29, 1.82) is 0 Å². The second-order valence-electron chi connectivity index (χ2n) is 5.62. The number of rotatable bonds is 7. The van der Waals surface area contributed by atoms with Gasteiger partial charge >= 0.3 is 0 Å². The lowest BCUT2D eigenvalue weighted by Crippen LogP contribution is -1.98. The Hall–Kier alpha value is -2.77. The van der Waals surface area contributed by atoms with Crippen LogP contribution in [0, 0.1) is 0 Å². The molecular formula is C19H22ClN3O4. The van der Waals surface area contributed by atoms with Crippen molar-refractivity contribution in [3.63, 3.8) is 0 Å². The maximum Gasteiger partial charge on any atom is 0.231 e. The van der Waals surface area contributed by atoms with Crippen LogP contribution in [0.3, 0.4) is 0 Å². The van der Waals surface area contributed by atoms with Gasteiger partial charge in [0.1, 0.15) is 0 Å². The molecule has 0 atom stereocenters. The number of ether oxygens (including phenoxy) is 3. The Morgan fingerprint density at radius 2 is 1.56 bits per heavy atom. The Labute approximate surface area is 163 Å². The van der Waals surface area contributed by atoms with Crippen LogP contribution in [0.1, 0.15) is 17.0 Å². The van der Waals surface area contributed by atoms with Crippen LogP contribution in [0.15, 0.2) is 40.9 Å². The largest absolute Gasteiger partial charge is 0.493 e. The number of hydrogen-bond acceptors (Lipinski definition) is 7. The molecule has 2 N–H and O–H groups in total. The summed E-state index contributed by atoms with van der Waals surface area (Å²) in [6.45, 7) is 0.499. The van der Waals surface area contributed by atoms with E-state index < -0.39 is 0 Å². The molecule has 0 unspecified atom stereocenters. The Kier molecular flexibility index (Phi) is 7.04. The number of nitrogens with two attached hydrogens (primary N) is 1. The molecule has 3 rings (SSSR count). The second-order valence-corrected chi connectivity index (χ2v) is 5.62. The van der Waals surface area contributed by atoms with Crippen LogP contribution in [0.4, 0.5) is 0 Å². The number of hydrogen-bond donors (Lipinski definition) is 1. The number of nitrogens with zero attached hydrogens (tertiary/aromatic N) is 2. The van der Waals surface area contributed by atoms with Gasteiger partial charge in [-0.1, -0.05) is 29.4 Å². The number of methoxy groups -OCH3 is 3. The van der Waals surface area contributed by atoms with Crippen molar-refractivity contribution in [2.24, 2.45) is 5.73 Å². The molecule has 0 aliphatic carbocycles. The van der Waals surface area contributed by atoms with E-state index in [2.05, 4.69) is 10.1 Å². The molecule has 7 nitrogen and oxygen atoms in total. The van der Waals surface area contributed by atoms with E-state index >= 15 is 0 Å². The van der Waals surface area contributed by atoms with E-state index in [0.29, 0.717) is 41.9 Å². The summed E-state index contributed by atoms with van der Waals surface area (Å²) in [7, 11) is 4.73. The predicted octanol–water partition coefficient (Wildman–Crippen LogP) is 3.23. The zero-order valence-electron chi connectivity index (χ0n) is 15.4. The smallest absolute Gasteiger partial charge is 0.231 e. The summed E-state index contributed by atoms with van der Waals surface area (Å²) < 4.78 is 21.5. The standard InChI is InChI=1S/C19H21N3O4.ClH/c1-23-15-8-13(9-16(24-2)18(15)25-3)10-17-21-19(22-26-17)14-6-4-12(11-20)5-7-14;/h4-9H,10-11,20H2,1-3H3;1H. The number of aromatic nitrogens is 2. The Morgan fingerprint density at radius 1 is 0.926 bits per heavy atom. The van der Waals surface area contributed by atoms with Crippen molar-refractivity contribution in [3.05, 3.63) is 53.4 Å². The molecule has 0 saturated carbocycles. The fourth-order valence-corrected chi connectivity index (χ4v) is 2.65. The maximum atomic E-state index is 5.62.